The van der Waals surface area contributed by atoms with Crippen LogP contribution in [0.25, 0.3) is 0 Å². The molecule has 2 aliphatic heterocycles. The molecule has 8 heteroatoms. The number of anilines is 1. The molecule has 3 fully saturated rings. The molecule has 3 heterocycles. The lowest BCUT2D eigenvalue weighted by Gasteiger charge is -2.48. The van der Waals surface area contributed by atoms with Crippen molar-refractivity contribution in [2.75, 3.05) is 11.9 Å². The van der Waals surface area contributed by atoms with E-state index in [1.54, 1.807) is 4.90 Å². The Morgan fingerprint density at radius 3 is 2.67 bits per heavy atom. The van der Waals surface area contributed by atoms with Crippen molar-refractivity contribution < 1.29 is 18.0 Å². The normalized spacial score (nSPS) is 28.5. The highest BCUT2D eigenvalue weighted by atomic mass is 19.4. The zero-order valence-corrected chi connectivity index (χ0v) is 11.2. The zero-order valence-electron chi connectivity index (χ0n) is 11.2. The van der Waals surface area contributed by atoms with Crippen molar-refractivity contribution in [3.8, 4) is 0 Å². The third-order valence-corrected chi connectivity index (χ3v) is 4.23. The largest absolute Gasteiger partial charge is 0.434 e. The number of nitrogens with zero attached hydrogens (tertiary/aromatic N) is 3. The van der Waals surface area contributed by atoms with Gasteiger partial charge in [-0.25, -0.2) is 9.97 Å². The minimum absolute atomic E-state index is 0.0220. The van der Waals surface area contributed by atoms with Crippen molar-refractivity contribution in [1.82, 2.24) is 14.9 Å². The molecular weight excluding hydrogens is 285 g/mol. The number of carbonyl (C=O) groups is 1. The van der Waals surface area contributed by atoms with Crippen molar-refractivity contribution in [2.24, 2.45) is 5.92 Å². The van der Waals surface area contributed by atoms with Crippen molar-refractivity contribution in [2.45, 2.75) is 37.5 Å². The molecule has 1 amide bonds. The number of hydrogen-bond acceptors (Lipinski definition) is 4. The summed E-state index contributed by atoms with van der Waals surface area (Å²) in [5, 5.41) is 3.11. The average molecular weight is 300 g/mol. The predicted molar refractivity (Wildman–Crippen MR) is 68.3 cm³/mol. The molecule has 2 saturated heterocycles. The Morgan fingerprint density at radius 1 is 1.29 bits per heavy atom. The Balaban J connectivity index is 1.70. The third-order valence-electron chi connectivity index (χ3n) is 4.23. The van der Waals surface area contributed by atoms with E-state index in [1.165, 1.54) is 0 Å². The molecule has 1 N–H and O–H groups in total. The number of alkyl halides is 3. The summed E-state index contributed by atoms with van der Waals surface area (Å²) in [4.78, 5) is 20.0. The molecule has 5 nitrogen and oxygen atoms in total. The SMILES string of the molecule is O=CN1CC2CCC1C(Nc1cnc(C(F)(F)F)cn1)C2. The molecule has 0 aromatic carbocycles. The number of halogens is 3. The summed E-state index contributed by atoms with van der Waals surface area (Å²) in [5.41, 5.74) is -1.01. The Bertz CT molecular complexity index is 519. The van der Waals surface area contributed by atoms with Gasteiger partial charge < -0.3 is 10.2 Å². The topological polar surface area (TPSA) is 58.1 Å². The summed E-state index contributed by atoms with van der Waals surface area (Å²) in [6.45, 7) is 0.769. The van der Waals surface area contributed by atoms with Gasteiger partial charge in [0.2, 0.25) is 6.41 Å². The summed E-state index contributed by atoms with van der Waals surface area (Å²) in [7, 11) is 0. The molecule has 1 saturated carbocycles. The molecule has 3 atom stereocenters. The summed E-state index contributed by atoms with van der Waals surface area (Å²) in [6, 6.07) is 0.102. The van der Waals surface area contributed by atoms with Crippen LogP contribution in [0.4, 0.5) is 19.0 Å². The van der Waals surface area contributed by atoms with Gasteiger partial charge in [0.1, 0.15) is 5.82 Å². The first-order valence-corrected chi connectivity index (χ1v) is 6.84. The molecular formula is C13H15F3N4O. The lowest BCUT2D eigenvalue weighted by atomic mass is 9.77. The average Bonchev–Trinajstić information content (AvgIpc) is 2.47. The van der Waals surface area contributed by atoms with Gasteiger partial charge >= 0.3 is 6.18 Å². The fourth-order valence-corrected chi connectivity index (χ4v) is 3.25. The van der Waals surface area contributed by atoms with E-state index < -0.39 is 11.9 Å². The Kier molecular flexibility index (Phi) is 3.46. The van der Waals surface area contributed by atoms with Crippen LogP contribution in [-0.2, 0) is 11.0 Å². The van der Waals surface area contributed by atoms with E-state index in [1.807, 2.05) is 0 Å². The van der Waals surface area contributed by atoms with Gasteiger partial charge in [-0.05, 0) is 25.2 Å². The number of nitrogens with one attached hydrogen (secondary N) is 1. The van der Waals surface area contributed by atoms with Crippen molar-refractivity contribution >= 4 is 12.2 Å². The fourth-order valence-electron chi connectivity index (χ4n) is 3.25. The molecule has 2 bridgehead atoms. The van der Waals surface area contributed by atoms with Gasteiger partial charge in [-0.15, -0.1) is 0 Å². The molecule has 114 valence electrons. The van der Waals surface area contributed by atoms with Gasteiger partial charge in [-0.1, -0.05) is 0 Å². The van der Waals surface area contributed by atoms with Crippen molar-refractivity contribution in [3.05, 3.63) is 18.1 Å². The van der Waals surface area contributed by atoms with Gasteiger partial charge in [-0.3, -0.25) is 4.79 Å². The van der Waals surface area contributed by atoms with Crippen LogP contribution in [0.1, 0.15) is 25.0 Å². The van der Waals surface area contributed by atoms with Crippen LogP contribution in [0.2, 0.25) is 0 Å². The number of carbonyl (C=O) groups excluding carboxylic acids is 1. The maximum absolute atomic E-state index is 12.4. The first-order chi connectivity index (χ1) is 9.97. The van der Waals surface area contributed by atoms with Gasteiger partial charge in [0.25, 0.3) is 0 Å². The molecule has 3 aliphatic rings. The van der Waals surface area contributed by atoms with Crippen LogP contribution in [0.15, 0.2) is 12.4 Å². The lowest BCUT2D eigenvalue weighted by molar-refractivity contribution is -0.141. The number of rotatable bonds is 3. The Hall–Kier alpha value is -1.86. The molecule has 3 unspecified atom stereocenters. The Labute approximate surface area is 119 Å². The standard InChI is InChI=1S/C13H15F3N4O/c14-13(15,16)11-4-18-12(5-17-11)19-9-3-8-1-2-10(9)20(6-8)7-21/h4-5,7-10H,1-3,6H2,(H,18,19). The minimum atomic E-state index is -4.48. The first kappa shape index (κ1) is 14.1. The van der Waals surface area contributed by atoms with Crippen LogP contribution in [-0.4, -0.2) is 39.9 Å². The quantitative estimate of drug-likeness (QED) is 0.866. The van der Waals surface area contributed by atoms with Crippen LogP contribution in [0, 0.1) is 5.92 Å². The lowest BCUT2D eigenvalue weighted by Crippen LogP contribution is -2.57. The summed E-state index contributed by atoms with van der Waals surface area (Å²) in [5.74, 6) is 0.756. The molecule has 1 aromatic heterocycles. The fraction of sp³-hybridized carbons (Fsp3) is 0.615. The van der Waals surface area contributed by atoms with E-state index in [0.717, 1.165) is 44.6 Å². The summed E-state index contributed by atoms with van der Waals surface area (Å²) < 4.78 is 37.3. The van der Waals surface area contributed by atoms with Crippen molar-refractivity contribution in [1.29, 1.82) is 0 Å². The van der Waals surface area contributed by atoms with Gasteiger partial charge in [0.15, 0.2) is 5.69 Å². The number of piperidine rings is 2. The van der Waals surface area contributed by atoms with Crippen LogP contribution >= 0.6 is 0 Å². The van der Waals surface area contributed by atoms with Crippen LogP contribution < -0.4 is 5.32 Å². The highest BCUT2D eigenvalue weighted by Crippen LogP contribution is 2.35. The molecule has 21 heavy (non-hydrogen) atoms. The maximum Gasteiger partial charge on any atom is 0.434 e. The van der Waals surface area contributed by atoms with Gasteiger partial charge in [0.05, 0.1) is 18.4 Å². The highest BCUT2D eigenvalue weighted by Gasteiger charge is 2.40. The van der Waals surface area contributed by atoms with Gasteiger partial charge in [-0.2, -0.15) is 13.2 Å². The molecule has 0 spiro atoms. The Morgan fingerprint density at radius 2 is 2.10 bits per heavy atom. The van der Waals surface area contributed by atoms with E-state index in [2.05, 4.69) is 15.3 Å². The third kappa shape index (κ3) is 2.79. The van der Waals surface area contributed by atoms with E-state index >= 15 is 0 Å². The number of aromatic nitrogens is 2. The molecule has 1 aliphatic carbocycles. The second-order valence-corrected chi connectivity index (χ2v) is 5.58. The van der Waals surface area contributed by atoms with E-state index in [-0.39, 0.29) is 12.1 Å². The number of hydrogen-bond donors (Lipinski definition) is 1. The highest BCUT2D eigenvalue weighted by molar-refractivity contribution is 5.49. The number of fused-ring (bicyclic) bond motifs is 3. The zero-order chi connectivity index (χ0) is 15.0. The van der Waals surface area contributed by atoms with Crippen molar-refractivity contribution in [3.63, 3.8) is 0 Å². The van der Waals surface area contributed by atoms with Crippen LogP contribution in [0.3, 0.4) is 0 Å². The summed E-state index contributed by atoms with van der Waals surface area (Å²) in [6.07, 6.45) is 1.09. The number of amides is 1. The molecule has 4 rings (SSSR count). The minimum Gasteiger partial charge on any atom is -0.364 e. The molecule has 1 aromatic rings. The van der Waals surface area contributed by atoms with Gasteiger partial charge in [0, 0.05) is 12.6 Å². The van der Waals surface area contributed by atoms with E-state index in [4.69, 9.17) is 0 Å². The summed E-state index contributed by atoms with van der Waals surface area (Å²) >= 11 is 0. The smallest absolute Gasteiger partial charge is 0.364 e. The van der Waals surface area contributed by atoms with E-state index in [0.29, 0.717) is 11.7 Å². The second kappa shape index (κ2) is 5.16. The molecule has 0 radical (unpaired) electrons. The maximum atomic E-state index is 12.4. The van der Waals surface area contributed by atoms with E-state index in [9.17, 15) is 18.0 Å². The monoisotopic (exact) mass is 300 g/mol. The first-order valence-electron chi connectivity index (χ1n) is 6.84. The second-order valence-electron chi connectivity index (χ2n) is 5.58. The van der Waals surface area contributed by atoms with Crippen LogP contribution in [0.5, 0.6) is 0 Å². The predicted octanol–water partition coefficient (Wildman–Crippen LogP) is 1.92.